The lowest BCUT2D eigenvalue weighted by Gasteiger charge is -2.28. The van der Waals surface area contributed by atoms with Crippen molar-refractivity contribution in [1.82, 2.24) is 0 Å². The van der Waals surface area contributed by atoms with E-state index in [1.165, 1.54) is 65.7 Å². The summed E-state index contributed by atoms with van der Waals surface area (Å²) in [6.07, 6.45) is 0. The van der Waals surface area contributed by atoms with Gasteiger partial charge in [0, 0.05) is 49.6 Å². The fourth-order valence-electron chi connectivity index (χ4n) is 12.2. The van der Waals surface area contributed by atoms with Crippen molar-refractivity contribution in [3.05, 3.63) is 248 Å². The van der Waals surface area contributed by atoms with Crippen LogP contribution in [0.25, 0.3) is 121 Å². The zero-order valence-corrected chi connectivity index (χ0v) is 39.8. The molecule has 338 valence electrons. The highest BCUT2D eigenvalue weighted by Crippen LogP contribution is 2.52. The van der Waals surface area contributed by atoms with Gasteiger partial charge in [0.15, 0.2) is 0 Å². The van der Waals surface area contributed by atoms with E-state index in [0.29, 0.717) is 0 Å². The standard InChI is InChI=1S/C69H45NO2/c1-69(2)60-22-12-10-20-55(60)56-35-33-48(41-61(56)69)70(46-29-24-43(25-30-46)42-14-4-3-5-15-42)47-31-26-44(27-32-47)65-49(45-28-34-54-52-18-7-6-16-50(52)51-17-8-9-19-53(51)59(54)40-45)36-37-58-67-64(72-68(58)65)39-38-63-66(67)57-21-11-13-23-62(57)71-63/h3-41H,1-2H3. The highest BCUT2D eigenvalue weighted by atomic mass is 16.3. The van der Waals surface area contributed by atoms with Gasteiger partial charge in [0.1, 0.15) is 22.3 Å². The maximum Gasteiger partial charge on any atom is 0.143 e. The number of furan rings is 2. The molecule has 0 saturated heterocycles. The monoisotopic (exact) mass is 919 g/mol. The van der Waals surface area contributed by atoms with E-state index < -0.39 is 0 Å². The normalized spacial score (nSPS) is 13.0. The molecule has 0 spiro atoms. The Bertz CT molecular complexity index is 4480. The first-order chi connectivity index (χ1) is 35.5. The van der Waals surface area contributed by atoms with Crippen molar-refractivity contribution in [3.63, 3.8) is 0 Å². The minimum Gasteiger partial charge on any atom is -0.456 e. The average Bonchev–Trinajstić information content (AvgIpc) is 4.08. The molecule has 0 unspecified atom stereocenters. The van der Waals surface area contributed by atoms with Gasteiger partial charge < -0.3 is 13.7 Å². The molecule has 0 aliphatic heterocycles. The molecular formula is C69H45NO2. The largest absolute Gasteiger partial charge is 0.456 e. The number of hydrogen-bond donors (Lipinski definition) is 0. The molecule has 72 heavy (non-hydrogen) atoms. The van der Waals surface area contributed by atoms with Gasteiger partial charge in [-0.15, -0.1) is 0 Å². The Morgan fingerprint density at radius 3 is 1.53 bits per heavy atom. The summed E-state index contributed by atoms with van der Waals surface area (Å²) in [6.45, 7) is 4.71. The van der Waals surface area contributed by atoms with Crippen LogP contribution < -0.4 is 4.90 Å². The molecule has 2 heterocycles. The SMILES string of the molecule is CC1(C)c2ccccc2-c2ccc(N(c3ccc(-c4ccccc4)cc3)c3ccc(-c4c(-c5ccc6c7ccccc7c7ccccc7c6c5)ccc5c4oc4ccc6oc7ccccc7c6c45)cc3)cc21. The molecular weight excluding hydrogens is 875 g/mol. The second-order valence-corrected chi connectivity index (χ2v) is 19.9. The molecule has 0 amide bonds. The molecule has 1 aliphatic carbocycles. The summed E-state index contributed by atoms with van der Waals surface area (Å²) < 4.78 is 13.6. The van der Waals surface area contributed by atoms with E-state index in [1.807, 2.05) is 18.2 Å². The Morgan fingerprint density at radius 1 is 0.306 bits per heavy atom. The first kappa shape index (κ1) is 40.7. The number of fused-ring (bicyclic) bond motifs is 16. The molecule has 14 aromatic rings. The summed E-state index contributed by atoms with van der Waals surface area (Å²) in [5.74, 6) is 0. The van der Waals surface area contributed by atoms with E-state index in [1.54, 1.807) is 0 Å². The summed E-state index contributed by atoms with van der Waals surface area (Å²) >= 11 is 0. The molecule has 1 aliphatic rings. The maximum absolute atomic E-state index is 7.14. The molecule has 3 heteroatoms. The van der Waals surface area contributed by atoms with Crippen molar-refractivity contribution < 1.29 is 8.83 Å². The predicted octanol–water partition coefficient (Wildman–Crippen LogP) is 19.7. The Labute approximate surface area is 416 Å². The van der Waals surface area contributed by atoms with Gasteiger partial charge in [0.25, 0.3) is 0 Å². The zero-order chi connectivity index (χ0) is 47.7. The fraction of sp³-hybridized carbons (Fsp3) is 0.0435. The number of rotatable bonds is 6. The first-order valence-electron chi connectivity index (χ1n) is 24.9. The number of para-hydroxylation sites is 1. The van der Waals surface area contributed by atoms with Crippen LogP contribution in [0.15, 0.2) is 245 Å². The van der Waals surface area contributed by atoms with E-state index >= 15 is 0 Å². The van der Waals surface area contributed by atoms with E-state index in [-0.39, 0.29) is 5.41 Å². The minimum absolute atomic E-state index is 0.146. The van der Waals surface area contributed by atoms with Crippen LogP contribution in [-0.4, -0.2) is 0 Å². The van der Waals surface area contributed by atoms with Crippen LogP contribution in [-0.2, 0) is 5.41 Å². The summed E-state index contributed by atoms with van der Waals surface area (Å²) in [5, 5.41) is 11.8. The average molecular weight is 920 g/mol. The number of anilines is 3. The van der Waals surface area contributed by atoms with Gasteiger partial charge in [-0.1, -0.05) is 184 Å². The molecule has 3 nitrogen and oxygen atoms in total. The second kappa shape index (κ2) is 15.4. The zero-order valence-electron chi connectivity index (χ0n) is 39.8. The van der Waals surface area contributed by atoms with E-state index in [2.05, 4.69) is 237 Å². The van der Waals surface area contributed by atoms with Crippen LogP contribution >= 0.6 is 0 Å². The lowest BCUT2D eigenvalue weighted by atomic mass is 9.82. The van der Waals surface area contributed by atoms with Gasteiger partial charge >= 0.3 is 0 Å². The molecule has 0 fully saturated rings. The van der Waals surface area contributed by atoms with Gasteiger partial charge in [-0.3, -0.25) is 0 Å². The van der Waals surface area contributed by atoms with Gasteiger partial charge in [0.2, 0.25) is 0 Å². The van der Waals surface area contributed by atoms with Gasteiger partial charge in [-0.25, -0.2) is 0 Å². The smallest absolute Gasteiger partial charge is 0.143 e. The molecule has 12 aromatic carbocycles. The Hall–Kier alpha value is -9.18. The maximum atomic E-state index is 7.14. The van der Waals surface area contributed by atoms with Crippen molar-refractivity contribution in [3.8, 4) is 44.5 Å². The highest BCUT2D eigenvalue weighted by Gasteiger charge is 2.36. The van der Waals surface area contributed by atoms with Crippen LogP contribution in [0.3, 0.4) is 0 Å². The predicted molar refractivity (Wildman–Crippen MR) is 302 cm³/mol. The Morgan fingerprint density at radius 2 is 0.806 bits per heavy atom. The molecule has 2 aromatic heterocycles. The summed E-state index contributed by atoms with van der Waals surface area (Å²) in [6, 6.07) is 86.2. The van der Waals surface area contributed by atoms with Crippen LogP contribution in [0, 0.1) is 0 Å². The molecule has 15 rings (SSSR count). The Kier molecular flexibility index (Phi) is 8.71. The molecule has 0 saturated carbocycles. The van der Waals surface area contributed by atoms with Crippen molar-refractivity contribution in [1.29, 1.82) is 0 Å². The molecule has 0 bridgehead atoms. The van der Waals surface area contributed by atoms with Crippen LogP contribution in [0.1, 0.15) is 25.0 Å². The fourth-order valence-corrected chi connectivity index (χ4v) is 12.2. The Balaban J connectivity index is 0.943. The third-order valence-corrected chi connectivity index (χ3v) is 15.7. The highest BCUT2D eigenvalue weighted by molar-refractivity contribution is 6.28. The van der Waals surface area contributed by atoms with Crippen molar-refractivity contribution in [2.45, 2.75) is 19.3 Å². The number of nitrogens with zero attached hydrogens (tertiary/aromatic N) is 1. The second-order valence-electron chi connectivity index (χ2n) is 19.9. The summed E-state index contributed by atoms with van der Waals surface area (Å²) in [7, 11) is 0. The summed E-state index contributed by atoms with van der Waals surface area (Å²) in [5.41, 5.74) is 18.6. The first-order valence-corrected chi connectivity index (χ1v) is 24.9. The van der Waals surface area contributed by atoms with Gasteiger partial charge in [0.05, 0.1) is 0 Å². The quantitative estimate of drug-likeness (QED) is 0.156. The minimum atomic E-state index is -0.146. The molecule has 0 radical (unpaired) electrons. The van der Waals surface area contributed by atoms with Crippen LogP contribution in [0.2, 0.25) is 0 Å². The van der Waals surface area contributed by atoms with Crippen molar-refractivity contribution in [2.24, 2.45) is 0 Å². The molecule has 0 atom stereocenters. The third kappa shape index (κ3) is 5.98. The summed E-state index contributed by atoms with van der Waals surface area (Å²) in [4.78, 5) is 2.40. The number of hydrogen-bond acceptors (Lipinski definition) is 3. The van der Waals surface area contributed by atoms with E-state index in [4.69, 9.17) is 8.83 Å². The van der Waals surface area contributed by atoms with Crippen LogP contribution in [0.4, 0.5) is 17.1 Å². The topological polar surface area (TPSA) is 29.5 Å². The molecule has 0 N–H and O–H groups in total. The van der Waals surface area contributed by atoms with Crippen molar-refractivity contribution >= 4 is 93.3 Å². The van der Waals surface area contributed by atoms with Gasteiger partial charge in [-0.2, -0.15) is 0 Å². The third-order valence-electron chi connectivity index (χ3n) is 15.7. The van der Waals surface area contributed by atoms with E-state index in [9.17, 15) is 0 Å². The van der Waals surface area contributed by atoms with Crippen LogP contribution in [0.5, 0.6) is 0 Å². The lowest BCUT2D eigenvalue weighted by Crippen LogP contribution is -2.16. The lowest BCUT2D eigenvalue weighted by molar-refractivity contribution is 0.660. The van der Waals surface area contributed by atoms with Crippen molar-refractivity contribution in [2.75, 3.05) is 4.90 Å². The van der Waals surface area contributed by atoms with Gasteiger partial charge in [-0.05, 0) is 149 Å². The number of benzene rings is 12. The van der Waals surface area contributed by atoms with E-state index in [0.717, 1.165) is 83.2 Å².